The van der Waals surface area contributed by atoms with Gasteiger partial charge < -0.3 is 5.32 Å². The fraction of sp³-hybridized carbons (Fsp3) is 0.667. The van der Waals surface area contributed by atoms with Crippen LogP contribution in [-0.4, -0.2) is 6.54 Å². The minimum atomic E-state index is 1.11. The van der Waals surface area contributed by atoms with E-state index in [4.69, 9.17) is 0 Å². The molecule has 19 heavy (non-hydrogen) atoms. The number of anilines is 1. The summed E-state index contributed by atoms with van der Waals surface area (Å²) in [7, 11) is 0. The summed E-state index contributed by atoms with van der Waals surface area (Å²) in [5.41, 5.74) is 2.75. The van der Waals surface area contributed by atoms with Gasteiger partial charge in [0.1, 0.15) is 0 Å². The summed E-state index contributed by atoms with van der Waals surface area (Å²) in [6.07, 6.45) is 11.9. The van der Waals surface area contributed by atoms with E-state index in [1.165, 1.54) is 69.0 Å². The number of aryl methyl sites for hydroxylation is 1. The number of rotatable bonds is 11. The summed E-state index contributed by atoms with van der Waals surface area (Å²) in [5, 5.41) is 3.52. The highest BCUT2D eigenvalue weighted by atomic mass is 14.9. The molecular weight excluding hydrogens is 230 g/mol. The maximum atomic E-state index is 3.52. The van der Waals surface area contributed by atoms with E-state index in [9.17, 15) is 0 Å². The summed E-state index contributed by atoms with van der Waals surface area (Å²) in [6.45, 7) is 5.63. The van der Waals surface area contributed by atoms with Crippen LogP contribution in [0.3, 0.4) is 0 Å². The van der Waals surface area contributed by atoms with Crippen molar-refractivity contribution in [2.45, 2.75) is 71.6 Å². The average Bonchev–Trinajstić information content (AvgIpc) is 2.44. The third-order valence-electron chi connectivity index (χ3n) is 3.63. The van der Waals surface area contributed by atoms with Crippen molar-refractivity contribution in [2.75, 3.05) is 11.9 Å². The lowest BCUT2D eigenvalue weighted by molar-refractivity contribution is 0.645. The molecule has 0 aliphatic heterocycles. The lowest BCUT2D eigenvalue weighted by Gasteiger charge is -2.07. The largest absolute Gasteiger partial charge is 0.385 e. The van der Waals surface area contributed by atoms with Gasteiger partial charge in [-0.2, -0.15) is 0 Å². The van der Waals surface area contributed by atoms with Crippen molar-refractivity contribution in [1.29, 1.82) is 0 Å². The second-order valence-electron chi connectivity index (χ2n) is 5.50. The molecule has 1 nitrogen and oxygen atoms in total. The van der Waals surface area contributed by atoms with Crippen molar-refractivity contribution < 1.29 is 0 Å². The van der Waals surface area contributed by atoms with Crippen LogP contribution in [0, 0.1) is 0 Å². The van der Waals surface area contributed by atoms with Crippen LogP contribution >= 0.6 is 0 Å². The normalized spacial score (nSPS) is 10.6. The van der Waals surface area contributed by atoms with Gasteiger partial charge in [-0.15, -0.1) is 0 Å². The second kappa shape index (κ2) is 10.9. The Bertz CT molecular complexity index is 302. The Morgan fingerprint density at radius 1 is 0.737 bits per heavy atom. The van der Waals surface area contributed by atoms with E-state index in [-0.39, 0.29) is 0 Å². The second-order valence-corrected chi connectivity index (χ2v) is 5.50. The van der Waals surface area contributed by atoms with Gasteiger partial charge in [0, 0.05) is 12.2 Å². The molecule has 0 spiro atoms. The van der Waals surface area contributed by atoms with Crippen LogP contribution in [0.5, 0.6) is 0 Å². The van der Waals surface area contributed by atoms with Crippen molar-refractivity contribution >= 4 is 5.69 Å². The minimum Gasteiger partial charge on any atom is -0.385 e. The summed E-state index contributed by atoms with van der Waals surface area (Å²) >= 11 is 0. The standard InChI is InChI=1S/C18H31N/c1-3-5-7-8-10-16-19-18-14-12-17(13-15-18)11-9-6-4-2/h12-15,19H,3-11,16H2,1-2H3. The third-order valence-corrected chi connectivity index (χ3v) is 3.63. The summed E-state index contributed by atoms with van der Waals surface area (Å²) in [5.74, 6) is 0. The molecule has 1 N–H and O–H groups in total. The fourth-order valence-electron chi connectivity index (χ4n) is 2.33. The topological polar surface area (TPSA) is 12.0 Å². The van der Waals surface area contributed by atoms with Crippen molar-refractivity contribution in [1.82, 2.24) is 0 Å². The molecule has 0 aromatic heterocycles. The number of benzene rings is 1. The molecule has 0 radical (unpaired) electrons. The molecule has 0 atom stereocenters. The van der Waals surface area contributed by atoms with E-state index in [0.717, 1.165) is 6.54 Å². The van der Waals surface area contributed by atoms with E-state index in [2.05, 4.69) is 43.4 Å². The predicted molar refractivity (Wildman–Crippen MR) is 86.9 cm³/mol. The van der Waals surface area contributed by atoms with Crippen molar-refractivity contribution in [2.24, 2.45) is 0 Å². The van der Waals surface area contributed by atoms with E-state index in [1.807, 2.05) is 0 Å². The van der Waals surface area contributed by atoms with Crippen LogP contribution in [0.15, 0.2) is 24.3 Å². The molecular formula is C18H31N. The minimum absolute atomic E-state index is 1.11. The zero-order valence-electron chi connectivity index (χ0n) is 12.9. The molecule has 0 saturated carbocycles. The van der Waals surface area contributed by atoms with Crippen LogP contribution in [0.25, 0.3) is 0 Å². The first-order valence-corrected chi connectivity index (χ1v) is 8.19. The molecule has 0 fully saturated rings. The quantitative estimate of drug-likeness (QED) is 0.496. The molecule has 1 aromatic carbocycles. The van der Waals surface area contributed by atoms with E-state index < -0.39 is 0 Å². The summed E-state index contributed by atoms with van der Waals surface area (Å²) in [6, 6.07) is 9.00. The highest BCUT2D eigenvalue weighted by Gasteiger charge is 1.95. The molecule has 0 heterocycles. The van der Waals surface area contributed by atoms with Crippen LogP contribution in [0.2, 0.25) is 0 Å². The Labute approximate surface area is 119 Å². The van der Waals surface area contributed by atoms with Gasteiger partial charge in [-0.3, -0.25) is 0 Å². The Morgan fingerprint density at radius 2 is 1.37 bits per heavy atom. The molecule has 0 amide bonds. The Kier molecular flexibility index (Phi) is 9.22. The van der Waals surface area contributed by atoms with Gasteiger partial charge >= 0.3 is 0 Å². The van der Waals surface area contributed by atoms with Crippen molar-refractivity contribution in [3.63, 3.8) is 0 Å². The van der Waals surface area contributed by atoms with Gasteiger partial charge in [-0.05, 0) is 37.0 Å². The van der Waals surface area contributed by atoms with Crippen LogP contribution in [0.1, 0.15) is 70.8 Å². The van der Waals surface area contributed by atoms with Crippen LogP contribution < -0.4 is 5.32 Å². The van der Waals surface area contributed by atoms with E-state index in [1.54, 1.807) is 0 Å². The van der Waals surface area contributed by atoms with Gasteiger partial charge in [0.25, 0.3) is 0 Å². The van der Waals surface area contributed by atoms with E-state index in [0.29, 0.717) is 0 Å². The number of nitrogens with one attached hydrogen (secondary N) is 1. The van der Waals surface area contributed by atoms with Gasteiger partial charge in [0.2, 0.25) is 0 Å². The molecule has 0 bridgehead atoms. The van der Waals surface area contributed by atoms with Gasteiger partial charge in [-0.25, -0.2) is 0 Å². The van der Waals surface area contributed by atoms with Crippen molar-refractivity contribution in [3.05, 3.63) is 29.8 Å². The van der Waals surface area contributed by atoms with Gasteiger partial charge in [-0.1, -0.05) is 64.5 Å². The highest BCUT2D eigenvalue weighted by Crippen LogP contribution is 2.12. The fourth-order valence-corrected chi connectivity index (χ4v) is 2.33. The maximum absolute atomic E-state index is 3.52. The maximum Gasteiger partial charge on any atom is 0.0340 e. The van der Waals surface area contributed by atoms with Gasteiger partial charge in [0.15, 0.2) is 0 Å². The van der Waals surface area contributed by atoms with Crippen LogP contribution in [-0.2, 0) is 6.42 Å². The van der Waals surface area contributed by atoms with Crippen molar-refractivity contribution in [3.8, 4) is 0 Å². The number of hydrogen-bond donors (Lipinski definition) is 1. The SMILES string of the molecule is CCCCCCCNc1ccc(CCCCC)cc1. The Balaban J connectivity index is 2.13. The molecule has 1 aromatic rings. The van der Waals surface area contributed by atoms with Gasteiger partial charge in [0.05, 0.1) is 0 Å². The Hall–Kier alpha value is -0.980. The summed E-state index contributed by atoms with van der Waals surface area (Å²) < 4.78 is 0. The first-order valence-electron chi connectivity index (χ1n) is 8.19. The lowest BCUT2D eigenvalue weighted by Crippen LogP contribution is -2.01. The number of hydrogen-bond acceptors (Lipinski definition) is 1. The predicted octanol–water partition coefficient (Wildman–Crippen LogP) is 5.80. The lowest BCUT2D eigenvalue weighted by atomic mass is 10.1. The first kappa shape index (κ1) is 16.1. The first-order chi connectivity index (χ1) is 9.36. The zero-order chi connectivity index (χ0) is 13.8. The molecule has 0 aliphatic rings. The molecule has 108 valence electrons. The molecule has 1 heteroatoms. The molecule has 0 unspecified atom stereocenters. The molecule has 1 rings (SSSR count). The zero-order valence-corrected chi connectivity index (χ0v) is 12.9. The smallest absolute Gasteiger partial charge is 0.0340 e. The average molecular weight is 261 g/mol. The monoisotopic (exact) mass is 261 g/mol. The number of unbranched alkanes of at least 4 members (excludes halogenated alkanes) is 6. The summed E-state index contributed by atoms with van der Waals surface area (Å²) in [4.78, 5) is 0. The third kappa shape index (κ3) is 7.92. The van der Waals surface area contributed by atoms with Crippen LogP contribution in [0.4, 0.5) is 5.69 Å². The molecule has 0 aliphatic carbocycles. The highest BCUT2D eigenvalue weighted by molar-refractivity contribution is 5.44. The van der Waals surface area contributed by atoms with E-state index >= 15 is 0 Å². The Morgan fingerprint density at radius 3 is 2.05 bits per heavy atom. The molecule has 0 saturated heterocycles.